The van der Waals surface area contributed by atoms with Gasteiger partial charge in [0.05, 0.1) is 17.9 Å². The number of carboxylic acid groups (broad SMARTS) is 1. The molecule has 0 aliphatic heterocycles. The molecule has 8 heteroatoms. The summed E-state index contributed by atoms with van der Waals surface area (Å²) in [7, 11) is 1.60. The van der Waals surface area contributed by atoms with E-state index in [1.807, 2.05) is 0 Å². The number of carbonyl (C=O) groups is 4. The highest BCUT2D eigenvalue weighted by Gasteiger charge is 2.72. The highest BCUT2D eigenvalue weighted by atomic mass is 16.5. The standard InChI is InChI=1S/C67H106N2O6/c1-56(2)32-36-66(54(72)73)38-34-62(11)42(44(66)40-56)20-22-48-60(9)28-26-50(58(5,6)46(60)24-30-64(48,62)13)68-52(70)18-16-17-19-53(71)69-51-27-29-61(10)47(59(51,7)8)25-31-65(14)49(61)23-21-43-45-41-57(3,4)33-37-67(45,55(74)75-15)39-35-63(43,65)12/h20-21,44-51H,16-19,22-41H2,1-15H3,(H,68,70)(H,69,71)(H,72,73)/t44?,45?,46?,47?,48?,49?,50-,51-,60-,61-,62+,63+,64+,65+,66-,67-/m0/s1. The molecule has 0 heterocycles. The number of allylic oxidation sites excluding steroid dienone is 4. The molecule has 8 fully saturated rings. The van der Waals surface area contributed by atoms with Gasteiger partial charge in [-0.05, 0) is 231 Å². The van der Waals surface area contributed by atoms with Gasteiger partial charge in [0.25, 0.3) is 0 Å². The zero-order valence-electron chi connectivity index (χ0n) is 50.2. The number of amides is 2. The number of rotatable bonds is 9. The summed E-state index contributed by atoms with van der Waals surface area (Å²) < 4.78 is 5.61. The van der Waals surface area contributed by atoms with E-state index in [1.165, 1.54) is 18.4 Å². The molecule has 10 aliphatic rings. The van der Waals surface area contributed by atoms with Crippen LogP contribution < -0.4 is 10.6 Å². The Labute approximate surface area is 455 Å². The van der Waals surface area contributed by atoms with Gasteiger partial charge in [0.1, 0.15) is 0 Å². The van der Waals surface area contributed by atoms with Crippen LogP contribution in [0.15, 0.2) is 23.3 Å². The average Bonchev–Trinajstić information content (AvgIpc) is 3.32. The molecule has 420 valence electrons. The van der Waals surface area contributed by atoms with Gasteiger partial charge in [0.2, 0.25) is 11.8 Å². The van der Waals surface area contributed by atoms with Gasteiger partial charge >= 0.3 is 11.9 Å². The Bertz CT molecular complexity index is 2390. The summed E-state index contributed by atoms with van der Waals surface area (Å²) in [6.07, 6.45) is 28.2. The molecule has 16 atom stereocenters. The SMILES string of the molecule is COC(=O)[C@]12CCC(C)(C)CC1C1=CCC3[C@@]4(C)CC[C@H](NC(=O)CCCCC(=O)N[C@H]5CC[C@@]6(C)C(CC[C@]7(C)C6CC=C6C8CC(C)(C)CC[C@]8(C(=O)O)CC[C@]67C)C5(C)C)C(C)(C)C4CC[C@@]3(C)[C@]1(C)CC2. The number of nitrogens with one attached hydrogen (secondary N) is 2. The Morgan fingerprint density at radius 3 is 1.31 bits per heavy atom. The van der Waals surface area contributed by atoms with Crippen molar-refractivity contribution in [1.82, 2.24) is 10.6 Å². The molecule has 0 radical (unpaired) electrons. The van der Waals surface area contributed by atoms with Crippen molar-refractivity contribution in [3.05, 3.63) is 23.3 Å². The minimum atomic E-state index is -0.615. The van der Waals surface area contributed by atoms with E-state index in [1.54, 1.807) is 12.7 Å². The molecule has 6 unspecified atom stereocenters. The number of aliphatic carboxylic acids is 1. The molecule has 0 spiro atoms. The van der Waals surface area contributed by atoms with Gasteiger partial charge in [0, 0.05) is 24.9 Å². The molecule has 0 bridgehead atoms. The number of carboxylic acids is 1. The van der Waals surface area contributed by atoms with Gasteiger partial charge < -0.3 is 20.5 Å². The second-order valence-electron chi connectivity index (χ2n) is 32.7. The summed E-state index contributed by atoms with van der Waals surface area (Å²) in [4.78, 5) is 54.6. The molecule has 75 heavy (non-hydrogen) atoms. The van der Waals surface area contributed by atoms with Crippen molar-refractivity contribution in [2.45, 2.75) is 263 Å². The van der Waals surface area contributed by atoms with Gasteiger partial charge in [-0.2, -0.15) is 0 Å². The summed E-state index contributed by atoms with van der Waals surface area (Å²) in [5.41, 5.74) is 2.97. The number of hydrogen-bond donors (Lipinski definition) is 3. The third-order valence-corrected chi connectivity index (χ3v) is 28.1. The Kier molecular flexibility index (Phi) is 13.3. The highest BCUT2D eigenvalue weighted by Crippen LogP contribution is 2.78. The van der Waals surface area contributed by atoms with Crippen molar-refractivity contribution in [2.75, 3.05) is 7.11 Å². The predicted octanol–water partition coefficient (Wildman–Crippen LogP) is 15.4. The largest absolute Gasteiger partial charge is 0.481 e. The number of methoxy groups -OCH3 is 1. The maximum absolute atomic E-state index is 13.9. The fourth-order valence-electron chi connectivity index (χ4n) is 23.1. The van der Waals surface area contributed by atoms with Crippen LogP contribution in [0.3, 0.4) is 0 Å². The summed E-state index contributed by atoms with van der Waals surface area (Å²) in [6.45, 7) is 34.8. The number of ether oxygens (including phenoxy) is 1. The lowest BCUT2D eigenvalue weighted by atomic mass is 9.33. The highest BCUT2D eigenvalue weighted by molar-refractivity contribution is 5.79. The Morgan fingerprint density at radius 2 is 0.893 bits per heavy atom. The van der Waals surface area contributed by atoms with E-state index in [0.717, 1.165) is 116 Å². The molecule has 3 N–H and O–H groups in total. The molecule has 8 saturated carbocycles. The third-order valence-electron chi connectivity index (χ3n) is 28.1. The minimum absolute atomic E-state index is 0.00260. The van der Waals surface area contributed by atoms with E-state index in [-0.39, 0.29) is 101 Å². The molecule has 0 aromatic carbocycles. The third kappa shape index (κ3) is 7.91. The number of hydrogen-bond acceptors (Lipinski definition) is 5. The normalized spacial score (nSPS) is 47.6. The topological polar surface area (TPSA) is 122 Å². The van der Waals surface area contributed by atoms with Crippen LogP contribution >= 0.6 is 0 Å². The lowest BCUT2D eigenvalue weighted by Crippen LogP contribution is -2.66. The Hall–Kier alpha value is -2.64. The zero-order valence-corrected chi connectivity index (χ0v) is 50.2. The van der Waals surface area contributed by atoms with Crippen LogP contribution in [0.1, 0.15) is 251 Å². The number of unbranched alkanes of at least 4 members (excludes halogenated alkanes) is 1. The maximum Gasteiger partial charge on any atom is 0.312 e. The number of esters is 1. The monoisotopic (exact) mass is 1030 g/mol. The van der Waals surface area contributed by atoms with Gasteiger partial charge in [-0.3, -0.25) is 19.2 Å². The van der Waals surface area contributed by atoms with E-state index in [2.05, 4.69) is 120 Å². The molecular weight excluding hydrogens is 929 g/mol. The van der Waals surface area contributed by atoms with E-state index in [9.17, 15) is 24.3 Å². The molecule has 8 nitrogen and oxygen atoms in total. The van der Waals surface area contributed by atoms with Gasteiger partial charge in [-0.25, -0.2) is 0 Å². The first-order valence-electron chi connectivity index (χ1n) is 31.1. The van der Waals surface area contributed by atoms with Crippen molar-refractivity contribution in [3.8, 4) is 0 Å². The number of carbonyl (C=O) groups excluding carboxylic acids is 3. The average molecular weight is 1040 g/mol. The van der Waals surface area contributed by atoms with Crippen LogP contribution in [0.2, 0.25) is 0 Å². The Morgan fingerprint density at radius 1 is 0.507 bits per heavy atom. The molecular formula is C67H106N2O6. The molecule has 0 saturated heterocycles. The molecule has 2 amide bonds. The van der Waals surface area contributed by atoms with Crippen LogP contribution in [0.4, 0.5) is 0 Å². The van der Waals surface area contributed by atoms with Crippen molar-refractivity contribution in [3.63, 3.8) is 0 Å². The van der Waals surface area contributed by atoms with Gasteiger partial charge in [0.15, 0.2) is 0 Å². The molecule has 10 aliphatic carbocycles. The van der Waals surface area contributed by atoms with Crippen molar-refractivity contribution < 1.29 is 29.0 Å². The summed E-state index contributed by atoms with van der Waals surface area (Å²) in [5.74, 6) is 2.19. The first-order chi connectivity index (χ1) is 34.8. The van der Waals surface area contributed by atoms with Crippen LogP contribution in [0.25, 0.3) is 0 Å². The summed E-state index contributed by atoms with van der Waals surface area (Å²) >= 11 is 0. The van der Waals surface area contributed by atoms with Crippen molar-refractivity contribution >= 4 is 23.8 Å². The van der Waals surface area contributed by atoms with Crippen molar-refractivity contribution in [1.29, 1.82) is 0 Å². The summed E-state index contributed by atoms with van der Waals surface area (Å²) in [6, 6.07) is 0.261. The Balaban J connectivity index is 0.734. The first-order valence-corrected chi connectivity index (χ1v) is 31.1. The summed E-state index contributed by atoms with van der Waals surface area (Å²) in [5, 5.41) is 18.0. The fraction of sp³-hybridized carbons (Fsp3) is 0.881. The second kappa shape index (κ2) is 17.9. The zero-order chi connectivity index (χ0) is 54.6. The lowest BCUT2D eigenvalue weighted by molar-refractivity contribution is -0.193. The van der Waals surface area contributed by atoms with Crippen LogP contribution in [-0.2, 0) is 23.9 Å². The van der Waals surface area contributed by atoms with E-state index >= 15 is 0 Å². The molecule has 0 aromatic heterocycles. The fourth-order valence-corrected chi connectivity index (χ4v) is 23.1. The van der Waals surface area contributed by atoms with E-state index in [4.69, 9.17) is 4.74 Å². The maximum atomic E-state index is 13.9. The van der Waals surface area contributed by atoms with Crippen LogP contribution in [0, 0.1) is 100 Å². The lowest BCUT2D eigenvalue weighted by Gasteiger charge is -2.71. The molecule has 0 aromatic rings. The minimum Gasteiger partial charge on any atom is -0.481 e. The van der Waals surface area contributed by atoms with Crippen LogP contribution in [-0.4, -0.2) is 48.1 Å². The van der Waals surface area contributed by atoms with Crippen molar-refractivity contribution in [2.24, 2.45) is 100 Å². The second-order valence-corrected chi connectivity index (χ2v) is 32.7. The first kappa shape index (κ1) is 55.7. The quantitative estimate of drug-likeness (QED) is 0.120. The van der Waals surface area contributed by atoms with Gasteiger partial charge in [-0.15, -0.1) is 0 Å². The number of fused-ring (bicyclic) bond motifs is 14. The van der Waals surface area contributed by atoms with Gasteiger partial charge in [-0.1, -0.05) is 120 Å². The molecule has 10 rings (SSSR count). The van der Waals surface area contributed by atoms with Crippen LogP contribution in [0.5, 0.6) is 0 Å². The smallest absolute Gasteiger partial charge is 0.312 e. The van der Waals surface area contributed by atoms with E-state index < -0.39 is 11.4 Å². The predicted molar refractivity (Wildman–Crippen MR) is 300 cm³/mol. The van der Waals surface area contributed by atoms with E-state index in [0.29, 0.717) is 49.4 Å².